The van der Waals surface area contributed by atoms with Gasteiger partial charge < -0.3 is 10.1 Å². The number of anilines is 1. The van der Waals surface area contributed by atoms with Gasteiger partial charge >= 0.3 is 0 Å². The smallest absolute Gasteiger partial charge is 0.162 e. The molecule has 0 aliphatic carbocycles. The highest BCUT2D eigenvalue weighted by Gasteiger charge is 2.28. The maximum absolute atomic E-state index is 5.75. The lowest BCUT2D eigenvalue weighted by Crippen LogP contribution is -2.26. The molecule has 0 saturated heterocycles. The molecule has 0 radical (unpaired) electrons. The van der Waals surface area contributed by atoms with E-state index in [0.717, 1.165) is 35.4 Å². The molecular formula is C13H21N3OS. The summed E-state index contributed by atoms with van der Waals surface area (Å²) in [6, 6.07) is 0. The zero-order valence-electron chi connectivity index (χ0n) is 11.5. The highest BCUT2D eigenvalue weighted by molar-refractivity contribution is 7.98. The lowest BCUT2D eigenvalue weighted by molar-refractivity contribution is -0.0208. The summed E-state index contributed by atoms with van der Waals surface area (Å²) < 4.78 is 5.75. The van der Waals surface area contributed by atoms with Gasteiger partial charge in [-0.1, -0.05) is 0 Å². The minimum atomic E-state index is -0.429. The number of hydrogen-bond donors (Lipinski definition) is 1. The molecule has 1 aromatic rings. The Morgan fingerprint density at radius 1 is 1.28 bits per heavy atom. The quantitative estimate of drug-likeness (QED) is 0.889. The lowest BCUT2D eigenvalue weighted by Gasteiger charge is -2.24. The van der Waals surface area contributed by atoms with Crippen molar-refractivity contribution in [2.75, 3.05) is 18.5 Å². The number of thioether (sulfide) groups is 1. The summed E-state index contributed by atoms with van der Waals surface area (Å²) >= 11 is 1.89. The van der Waals surface area contributed by atoms with E-state index in [1.54, 1.807) is 0 Å². The van der Waals surface area contributed by atoms with Gasteiger partial charge in [0, 0.05) is 30.2 Å². The van der Waals surface area contributed by atoms with E-state index in [1.807, 2.05) is 32.5 Å². The van der Waals surface area contributed by atoms with Crippen LogP contribution in [0.15, 0.2) is 0 Å². The van der Waals surface area contributed by atoms with E-state index < -0.39 is 5.60 Å². The average molecular weight is 267 g/mol. The molecule has 1 aliphatic rings. The fourth-order valence-corrected chi connectivity index (χ4v) is 3.10. The summed E-state index contributed by atoms with van der Waals surface area (Å²) in [6.07, 6.45) is 0. The predicted molar refractivity (Wildman–Crippen MR) is 75.8 cm³/mol. The van der Waals surface area contributed by atoms with E-state index >= 15 is 0 Å². The molecule has 0 spiro atoms. The van der Waals surface area contributed by atoms with Crippen LogP contribution in [0, 0.1) is 0 Å². The van der Waals surface area contributed by atoms with Gasteiger partial charge in [-0.2, -0.15) is 11.8 Å². The first kappa shape index (κ1) is 13.6. The SMILES string of the molecule is CCNc1nc(C(C)(C)OCC)nc2c1CSC2. The number of ether oxygens (including phenoxy) is 1. The first-order valence-electron chi connectivity index (χ1n) is 6.44. The largest absolute Gasteiger partial charge is 0.370 e. The van der Waals surface area contributed by atoms with Crippen LogP contribution in [0.2, 0.25) is 0 Å². The van der Waals surface area contributed by atoms with Crippen molar-refractivity contribution >= 4 is 17.6 Å². The van der Waals surface area contributed by atoms with E-state index in [9.17, 15) is 0 Å². The van der Waals surface area contributed by atoms with Crippen molar-refractivity contribution < 1.29 is 4.74 Å². The molecule has 1 aromatic heterocycles. The summed E-state index contributed by atoms with van der Waals surface area (Å²) in [5, 5.41) is 3.34. The zero-order chi connectivity index (χ0) is 13.2. The van der Waals surface area contributed by atoms with Crippen molar-refractivity contribution in [3.63, 3.8) is 0 Å². The second kappa shape index (κ2) is 5.45. The molecule has 0 amide bonds. The molecular weight excluding hydrogens is 246 g/mol. The van der Waals surface area contributed by atoms with Crippen molar-refractivity contribution in [2.24, 2.45) is 0 Å². The molecule has 1 N–H and O–H groups in total. The van der Waals surface area contributed by atoms with Gasteiger partial charge in [-0.25, -0.2) is 9.97 Å². The van der Waals surface area contributed by atoms with Gasteiger partial charge in [-0.3, -0.25) is 0 Å². The Morgan fingerprint density at radius 2 is 2.06 bits per heavy atom. The monoisotopic (exact) mass is 267 g/mol. The standard InChI is InChI=1S/C13H21N3OS/c1-5-14-11-9-7-18-8-10(9)15-12(16-11)13(3,4)17-6-2/h5-8H2,1-4H3,(H,14,15,16). The molecule has 1 aliphatic heterocycles. The number of rotatable bonds is 5. The molecule has 0 bridgehead atoms. The van der Waals surface area contributed by atoms with Crippen LogP contribution in [0.25, 0.3) is 0 Å². The minimum Gasteiger partial charge on any atom is -0.370 e. The second-order valence-corrected chi connectivity index (χ2v) is 5.77. The zero-order valence-corrected chi connectivity index (χ0v) is 12.4. The van der Waals surface area contributed by atoms with Crippen LogP contribution in [0.4, 0.5) is 5.82 Å². The molecule has 0 atom stereocenters. The summed E-state index contributed by atoms with van der Waals surface area (Å²) in [5.74, 6) is 3.75. The highest BCUT2D eigenvalue weighted by Crippen LogP contribution is 2.34. The maximum Gasteiger partial charge on any atom is 0.162 e. The van der Waals surface area contributed by atoms with E-state index in [1.165, 1.54) is 5.56 Å². The Morgan fingerprint density at radius 3 is 2.72 bits per heavy atom. The first-order valence-corrected chi connectivity index (χ1v) is 7.59. The summed E-state index contributed by atoms with van der Waals surface area (Å²) in [4.78, 5) is 9.35. The summed E-state index contributed by atoms with van der Waals surface area (Å²) in [5.41, 5.74) is 1.99. The third-order valence-electron chi connectivity index (χ3n) is 2.97. The average Bonchev–Trinajstić information content (AvgIpc) is 2.77. The van der Waals surface area contributed by atoms with Crippen molar-refractivity contribution in [1.29, 1.82) is 0 Å². The molecule has 5 heteroatoms. The number of fused-ring (bicyclic) bond motifs is 1. The normalized spacial score (nSPS) is 14.7. The first-order chi connectivity index (χ1) is 8.58. The molecule has 0 unspecified atom stereocenters. The molecule has 100 valence electrons. The Balaban J connectivity index is 2.41. The summed E-state index contributed by atoms with van der Waals surface area (Å²) in [7, 11) is 0. The van der Waals surface area contributed by atoms with Gasteiger partial charge in [0.15, 0.2) is 5.82 Å². The third-order valence-corrected chi connectivity index (χ3v) is 3.94. The second-order valence-electron chi connectivity index (χ2n) is 4.79. The number of nitrogens with zero attached hydrogens (tertiary/aromatic N) is 2. The molecule has 0 saturated carbocycles. The number of nitrogens with one attached hydrogen (secondary N) is 1. The molecule has 2 heterocycles. The maximum atomic E-state index is 5.75. The van der Waals surface area contributed by atoms with Crippen molar-refractivity contribution in [2.45, 2.75) is 44.8 Å². The minimum absolute atomic E-state index is 0.429. The lowest BCUT2D eigenvalue weighted by atomic mass is 10.1. The van der Waals surface area contributed by atoms with Crippen LogP contribution in [0.5, 0.6) is 0 Å². The van der Waals surface area contributed by atoms with Crippen LogP contribution >= 0.6 is 11.8 Å². The topological polar surface area (TPSA) is 47.0 Å². The van der Waals surface area contributed by atoms with Gasteiger partial charge in [0.1, 0.15) is 11.4 Å². The Labute approximate surface area is 113 Å². The molecule has 0 aromatic carbocycles. The fourth-order valence-electron chi connectivity index (χ4n) is 2.06. The van der Waals surface area contributed by atoms with E-state index in [4.69, 9.17) is 4.74 Å². The van der Waals surface area contributed by atoms with Gasteiger partial charge in [0.05, 0.1) is 5.69 Å². The Kier molecular flexibility index (Phi) is 4.12. The molecule has 2 rings (SSSR count). The van der Waals surface area contributed by atoms with Crippen molar-refractivity contribution in [3.8, 4) is 0 Å². The van der Waals surface area contributed by atoms with Crippen LogP contribution in [0.1, 0.15) is 44.8 Å². The Hall–Kier alpha value is -0.810. The van der Waals surface area contributed by atoms with Gasteiger partial charge in [-0.15, -0.1) is 0 Å². The molecule has 18 heavy (non-hydrogen) atoms. The van der Waals surface area contributed by atoms with Crippen molar-refractivity contribution in [3.05, 3.63) is 17.1 Å². The van der Waals surface area contributed by atoms with Crippen LogP contribution in [-0.2, 0) is 21.8 Å². The van der Waals surface area contributed by atoms with Gasteiger partial charge in [-0.05, 0) is 27.7 Å². The van der Waals surface area contributed by atoms with E-state index in [0.29, 0.717) is 6.61 Å². The van der Waals surface area contributed by atoms with Crippen LogP contribution < -0.4 is 5.32 Å². The summed E-state index contributed by atoms with van der Waals surface area (Å²) in [6.45, 7) is 9.67. The fraction of sp³-hybridized carbons (Fsp3) is 0.692. The van der Waals surface area contributed by atoms with Crippen molar-refractivity contribution in [1.82, 2.24) is 9.97 Å². The molecule has 0 fully saturated rings. The molecule has 4 nitrogen and oxygen atoms in total. The number of hydrogen-bond acceptors (Lipinski definition) is 5. The van der Waals surface area contributed by atoms with Gasteiger partial charge in [0.2, 0.25) is 0 Å². The third kappa shape index (κ3) is 2.62. The van der Waals surface area contributed by atoms with E-state index in [-0.39, 0.29) is 0 Å². The predicted octanol–water partition coefficient (Wildman–Crippen LogP) is 2.93. The van der Waals surface area contributed by atoms with Crippen LogP contribution in [0.3, 0.4) is 0 Å². The van der Waals surface area contributed by atoms with E-state index in [2.05, 4.69) is 22.2 Å². The number of aromatic nitrogens is 2. The van der Waals surface area contributed by atoms with Crippen LogP contribution in [-0.4, -0.2) is 23.1 Å². The highest BCUT2D eigenvalue weighted by atomic mass is 32.2. The van der Waals surface area contributed by atoms with Gasteiger partial charge in [0.25, 0.3) is 0 Å². The Bertz CT molecular complexity index is 434.